The molecule has 2 aromatic heterocycles. The Labute approximate surface area is 204 Å². The molecule has 5 rings (SSSR count). The van der Waals surface area contributed by atoms with Crippen LogP contribution in [0.1, 0.15) is 50.8 Å². The zero-order chi connectivity index (χ0) is 23.4. The number of anilines is 1. The molecule has 2 radical (unpaired) electrons. The highest BCUT2D eigenvalue weighted by Gasteiger charge is 2.26. The lowest BCUT2D eigenvalue weighted by Gasteiger charge is -2.35. The van der Waals surface area contributed by atoms with Crippen LogP contribution in [0.15, 0.2) is 42.5 Å². The molecule has 0 N–H and O–H groups in total. The van der Waals surface area contributed by atoms with E-state index in [0.717, 1.165) is 62.7 Å². The third-order valence-electron chi connectivity index (χ3n) is 7.51. The lowest BCUT2D eigenvalue weighted by molar-refractivity contribution is 0.223. The minimum Gasteiger partial charge on any atom is -0.478 e. The zero-order valence-corrected chi connectivity index (χ0v) is 20.5. The van der Waals surface area contributed by atoms with E-state index in [1.54, 1.807) is 0 Å². The van der Waals surface area contributed by atoms with Crippen LogP contribution < -0.4 is 9.64 Å². The standard InChI is InChI=1S/C27H36BN5O/c1-31-23-11-6-5-10-22(23)29-25(31)20-32-16-18-33(19-17-32)24-12-9-13-26(30-24)34-21-27(28)14-7-3-2-4-8-15-27/h5-6,9-13H,2-4,7-8,14-21H2,1H3. The quantitative estimate of drug-likeness (QED) is 0.501. The number of nitrogens with zero attached hydrogens (tertiary/aromatic N) is 5. The Morgan fingerprint density at radius 2 is 1.62 bits per heavy atom. The Bertz CT molecular complexity index is 1080. The number of benzene rings is 1. The van der Waals surface area contributed by atoms with Crippen LogP contribution in [0.25, 0.3) is 11.0 Å². The summed E-state index contributed by atoms with van der Waals surface area (Å²) in [5, 5.41) is -0.223. The molecule has 0 amide bonds. The van der Waals surface area contributed by atoms with Crippen LogP contribution in [-0.4, -0.2) is 60.1 Å². The molecule has 1 saturated heterocycles. The van der Waals surface area contributed by atoms with Gasteiger partial charge in [-0.15, -0.1) is 0 Å². The van der Waals surface area contributed by atoms with E-state index < -0.39 is 0 Å². The van der Waals surface area contributed by atoms with Gasteiger partial charge in [0.2, 0.25) is 5.88 Å². The van der Waals surface area contributed by atoms with Gasteiger partial charge in [0.1, 0.15) is 11.6 Å². The number of ether oxygens (including phenoxy) is 1. The largest absolute Gasteiger partial charge is 0.478 e. The van der Waals surface area contributed by atoms with Gasteiger partial charge >= 0.3 is 0 Å². The average Bonchev–Trinajstić information content (AvgIpc) is 3.16. The Kier molecular flexibility index (Phi) is 7.09. The molecule has 1 aliphatic carbocycles. The summed E-state index contributed by atoms with van der Waals surface area (Å²) in [6.45, 7) is 5.29. The fourth-order valence-electron chi connectivity index (χ4n) is 5.30. The fraction of sp³-hybridized carbons (Fsp3) is 0.556. The zero-order valence-electron chi connectivity index (χ0n) is 20.5. The summed E-state index contributed by atoms with van der Waals surface area (Å²) >= 11 is 0. The molecule has 0 bridgehead atoms. The topological polar surface area (TPSA) is 46.4 Å². The van der Waals surface area contributed by atoms with Crippen molar-refractivity contribution in [2.45, 2.75) is 56.8 Å². The molecule has 6 nitrogen and oxygen atoms in total. The van der Waals surface area contributed by atoms with Gasteiger partial charge in [-0.3, -0.25) is 4.90 Å². The van der Waals surface area contributed by atoms with Crippen molar-refractivity contribution in [1.82, 2.24) is 19.4 Å². The monoisotopic (exact) mass is 457 g/mol. The van der Waals surface area contributed by atoms with Crippen molar-refractivity contribution in [3.8, 4) is 5.88 Å². The summed E-state index contributed by atoms with van der Waals surface area (Å²) < 4.78 is 8.35. The van der Waals surface area contributed by atoms with E-state index in [9.17, 15) is 0 Å². The fourth-order valence-corrected chi connectivity index (χ4v) is 5.30. The van der Waals surface area contributed by atoms with Gasteiger partial charge in [-0.05, 0) is 23.5 Å². The number of piperazine rings is 1. The van der Waals surface area contributed by atoms with Crippen LogP contribution in [0.4, 0.5) is 5.82 Å². The molecular weight excluding hydrogens is 421 g/mol. The number of pyridine rings is 1. The molecule has 0 spiro atoms. The minimum atomic E-state index is -0.223. The Balaban J connectivity index is 1.16. The van der Waals surface area contributed by atoms with Gasteiger partial charge in [-0.1, -0.05) is 63.1 Å². The van der Waals surface area contributed by atoms with Gasteiger partial charge in [0, 0.05) is 39.3 Å². The maximum atomic E-state index is 6.70. The van der Waals surface area contributed by atoms with Crippen molar-refractivity contribution in [1.29, 1.82) is 0 Å². The van der Waals surface area contributed by atoms with Crippen molar-refractivity contribution >= 4 is 24.7 Å². The number of fused-ring (bicyclic) bond motifs is 1. The molecule has 7 heteroatoms. The van der Waals surface area contributed by atoms with Gasteiger partial charge in [0.25, 0.3) is 0 Å². The van der Waals surface area contributed by atoms with Crippen LogP contribution in [0, 0.1) is 0 Å². The summed E-state index contributed by atoms with van der Waals surface area (Å²) in [5.74, 6) is 2.79. The van der Waals surface area contributed by atoms with Crippen LogP contribution >= 0.6 is 0 Å². The molecule has 3 aromatic rings. The molecule has 2 aliphatic rings. The highest BCUT2D eigenvalue weighted by molar-refractivity contribution is 6.15. The maximum absolute atomic E-state index is 6.70. The molecule has 1 aromatic carbocycles. The molecule has 3 heterocycles. The van der Waals surface area contributed by atoms with Gasteiger partial charge in [-0.2, -0.15) is 4.98 Å². The summed E-state index contributed by atoms with van der Waals surface area (Å²) in [6, 6.07) is 14.4. The number of hydrogen-bond acceptors (Lipinski definition) is 5. The number of para-hydroxylation sites is 2. The molecule has 0 unspecified atom stereocenters. The van der Waals surface area contributed by atoms with Crippen LogP contribution in [0.3, 0.4) is 0 Å². The first-order valence-corrected chi connectivity index (χ1v) is 12.9. The van der Waals surface area contributed by atoms with Gasteiger partial charge in [0.05, 0.1) is 32.0 Å². The predicted molar refractivity (Wildman–Crippen MR) is 139 cm³/mol. The summed E-state index contributed by atoms with van der Waals surface area (Å²) in [5.41, 5.74) is 2.26. The van der Waals surface area contributed by atoms with E-state index in [4.69, 9.17) is 22.6 Å². The van der Waals surface area contributed by atoms with E-state index in [1.807, 2.05) is 18.2 Å². The molecule has 34 heavy (non-hydrogen) atoms. The molecule has 1 saturated carbocycles. The van der Waals surface area contributed by atoms with E-state index in [-0.39, 0.29) is 5.31 Å². The SMILES string of the molecule is [B]C1(COc2cccc(N3CCN(Cc4nc5ccccc5n4C)CC3)n2)CCCCCCC1. The predicted octanol–water partition coefficient (Wildman–Crippen LogP) is 4.74. The summed E-state index contributed by atoms with van der Waals surface area (Å²) in [6.07, 6.45) is 8.40. The van der Waals surface area contributed by atoms with Crippen molar-refractivity contribution in [3.05, 3.63) is 48.3 Å². The van der Waals surface area contributed by atoms with Crippen molar-refractivity contribution < 1.29 is 4.74 Å². The maximum Gasteiger partial charge on any atom is 0.215 e. The Morgan fingerprint density at radius 3 is 2.38 bits per heavy atom. The summed E-state index contributed by atoms with van der Waals surface area (Å²) in [4.78, 5) is 14.5. The minimum absolute atomic E-state index is 0.223. The third-order valence-corrected chi connectivity index (χ3v) is 7.51. The van der Waals surface area contributed by atoms with Gasteiger partial charge < -0.3 is 14.2 Å². The van der Waals surface area contributed by atoms with E-state index in [2.05, 4.69) is 45.7 Å². The Morgan fingerprint density at radius 1 is 0.882 bits per heavy atom. The van der Waals surface area contributed by atoms with Crippen molar-refractivity contribution in [2.75, 3.05) is 37.7 Å². The second kappa shape index (κ2) is 10.4. The number of hydrogen-bond donors (Lipinski definition) is 0. The first kappa shape index (κ1) is 23.2. The van der Waals surface area contributed by atoms with Crippen LogP contribution in [-0.2, 0) is 13.6 Å². The first-order valence-electron chi connectivity index (χ1n) is 12.9. The molecular formula is C27H36BN5O. The molecule has 178 valence electrons. The van der Waals surface area contributed by atoms with Crippen LogP contribution in [0.2, 0.25) is 5.31 Å². The molecule has 0 atom stereocenters. The van der Waals surface area contributed by atoms with Crippen LogP contribution in [0.5, 0.6) is 5.88 Å². The van der Waals surface area contributed by atoms with E-state index >= 15 is 0 Å². The number of aryl methyl sites for hydroxylation is 1. The van der Waals surface area contributed by atoms with Gasteiger partial charge in [-0.25, -0.2) is 4.98 Å². The lowest BCUT2D eigenvalue weighted by Crippen LogP contribution is -2.46. The average molecular weight is 457 g/mol. The second-order valence-corrected chi connectivity index (χ2v) is 10.1. The van der Waals surface area contributed by atoms with E-state index in [1.165, 1.54) is 37.6 Å². The highest BCUT2D eigenvalue weighted by Crippen LogP contribution is 2.38. The third kappa shape index (κ3) is 5.40. The normalized spacial score (nSPS) is 19.6. The first-order chi connectivity index (χ1) is 16.6. The molecule has 1 aliphatic heterocycles. The Hall–Kier alpha value is -2.54. The smallest absolute Gasteiger partial charge is 0.215 e. The lowest BCUT2D eigenvalue weighted by atomic mass is 9.62. The van der Waals surface area contributed by atoms with Gasteiger partial charge in [0.15, 0.2) is 0 Å². The number of rotatable bonds is 6. The summed E-state index contributed by atoms with van der Waals surface area (Å²) in [7, 11) is 8.81. The number of aromatic nitrogens is 3. The van der Waals surface area contributed by atoms with Crippen molar-refractivity contribution in [3.63, 3.8) is 0 Å². The van der Waals surface area contributed by atoms with E-state index in [0.29, 0.717) is 12.5 Å². The number of imidazole rings is 1. The molecule has 2 fully saturated rings. The van der Waals surface area contributed by atoms with Crippen molar-refractivity contribution in [2.24, 2.45) is 7.05 Å². The second-order valence-electron chi connectivity index (χ2n) is 10.1. The highest BCUT2D eigenvalue weighted by atomic mass is 16.5.